The number of hydrogen-bond donors (Lipinski definition) is 1. The van der Waals surface area contributed by atoms with E-state index in [1.54, 1.807) is 6.07 Å². The zero-order valence-corrected chi connectivity index (χ0v) is 16.4. The van der Waals surface area contributed by atoms with Crippen LogP contribution in [0.1, 0.15) is 60.9 Å². The van der Waals surface area contributed by atoms with E-state index in [4.69, 9.17) is 0 Å². The molecule has 0 saturated carbocycles. The topological polar surface area (TPSA) is 58.1 Å². The second-order valence-corrected chi connectivity index (χ2v) is 7.26. The molecule has 1 atom stereocenters. The van der Waals surface area contributed by atoms with Gasteiger partial charge in [0.25, 0.3) is 5.91 Å². The molecule has 0 bridgehead atoms. The molecule has 1 aliphatic rings. The molecule has 1 aliphatic heterocycles. The van der Waals surface area contributed by atoms with E-state index in [1.807, 2.05) is 17.9 Å². The minimum absolute atomic E-state index is 0.0411. The van der Waals surface area contributed by atoms with Crippen LogP contribution in [0, 0.1) is 6.92 Å². The van der Waals surface area contributed by atoms with Gasteiger partial charge in [0.2, 0.25) is 0 Å². The van der Waals surface area contributed by atoms with Gasteiger partial charge in [-0.25, -0.2) is 9.97 Å². The summed E-state index contributed by atoms with van der Waals surface area (Å²) in [5, 5.41) is 3.36. The van der Waals surface area contributed by atoms with E-state index in [-0.39, 0.29) is 5.91 Å². The van der Waals surface area contributed by atoms with Crippen molar-refractivity contribution >= 4 is 11.7 Å². The largest absolute Gasteiger partial charge is 0.370 e. The van der Waals surface area contributed by atoms with Crippen LogP contribution in [-0.4, -0.2) is 39.9 Å². The molecule has 3 rings (SSSR count). The number of rotatable bonds is 7. The summed E-state index contributed by atoms with van der Waals surface area (Å²) in [7, 11) is 0. The van der Waals surface area contributed by atoms with Gasteiger partial charge in [0.05, 0.1) is 0 Å². The fourth-order valence-corrected chi connectivity index (χ4v) is 3.76. The Hall–Kier alpha value is -2.43. The highest BCUT2D eigenvalue weighted by Gasteiger charge is 2.27. The molecule has 1 aromatic heterocycles. The first-order valence-corrected chi connectivity index (χ1v) is 10.1. The van der Waals surface area contributed by atoms with Gasteiger partial charge < -0.3 is 10.2 Å². The zero-order valence-electron chi connectivity index (χ0n) is 16.4. The smallest absolute Gasteiger partial charge is 0.272 e. The van der Waals surface area contributed by atoms with Crippen molar-refractivity contribution in [3.8, 4) is 0 Å². The van der Waals surface area contributed by atoms with Crippen molar-refractivity contribution in [1.29, 1.82) is 0 Å². The molecule has 1 amide bonds. The number of amides is 1. The Kier molecular flexibility index (Phi) is 6.80. The van der Waals surface area contributed by atoms with Crippen molar-refractivity contribution in [3.63, 3.8) is 0 Å². The van der Waals surface area contributed by atoms with Crippen molar-refractivity contribution in [2.45, 2.75) is 58.4 Å². The Morgan fingerprint density at radius 1 is 1.22 bits per heavy atom. The Labute approximate surface area is 162 Å². The predicted molar refractivity (Wildman–Crippen MR) is 109 cm³/mol. The van der Waals surface area contributed by atoms with Crippen LogP contribution < -0.4 is 5.32 Å². The maximum atomic E-state index is 13.0. The first-order chi connectivity index (χ1) is 13.2. The van der Waals surface area contributed by atoms with Crippen LogP contribution >= 0.6 is 0 Å². The number of nitrogens with one attached hydrogen (secondary N) is 1. The monoisotopic (exact) mass is 366 g/mol. The van der Waals surface area contributed by atoms with E-state index < -0.39 is 0 Å². The lowest BCUT2D eigenvalue weighted by Crippen LogP contribution is -2.43. The number of piperidine rings is 1. The maximum Gasteiger partial charge on any atom is 0.272 e. The first-order valence-electron chi connectivity index (χ1n) is 10.1. The van der Waals surface area contributed by atoms with Crippen molar-refractivity contribution in [3.05, 3.63) is 53.5 Å². The molecule has 144 valence electrons. The van der Waals surface area contributed by atoms with Crippen molar-refractivity contribution in [2.24, 2.45) is 0 Å². The summed E-state index contributed by atoms with van der Waals surface area (Å²) in [4.78, 5) is 23.9. The number of benzene rings is 1. The van der Waals surface area contributed by atoms with E-state index >= 15 is 0 Å². The Morgan fingerprint density at radius 3 is 2.81 bits per heavy atom. The average Bonchev–Trinajstić information content (AvgIpc) is 2.71. The molecule has 27 heavy (non-hydrogen) atoms. The van der Waals surface area contributed by atoms with Gasteiger partial charge in [-0.1, -0.05) is 37.3 Å². The number of carbonyl (C=O) groups excluding carboxylic acids is 1. The Balaban J connectivity index is 1.60. The van der Waals surface area contributed by atoms with Gasteiger partial charge in [-0.2, -0.15) is 0 Å². The quantitative estimate of drug-likeness (QED) is 0.745. The van der Waals surface area contributed by atoms with Gasteiger partial charge in [0, 0.05) is 25.2 Å². The summed E-state index contributed by atoms with van der Waals surface area (Å²) in [5.74, 6) is 1.42. The van der Waals surface area contributed by atoms with Crippen molar-refractivity contribution in [2.75, 3.05) is 18.4 Å². The van der Waals surface area contributed by atoms with Crippen molar-refractivity contribution in [1.82, 2.24) is 14.9 Å². The highest BCUT2D eigenvalue weighted by molar-refractivity contribution is 5.93. The highest BCUT2D eigenvalue weighted by Crippen LogP contribution is 2.22. The molecular formula is C22H30N4O. The Bertz CT molecular complexity index is 747. The van der Waals surface area contributed by atoms with Gasteiger partial charge in [-0.3, -0.25) is 4.79 Å². The molecule has 1 fully saturated rings. The average molecular weight is 367 g/mol. The zero-order chi connectivity index (χ0) is 19.1. The third-order valence-corrected chi connectivity index (χ3v) is 5.21. The molecule has 5 heteroatoms. The predicted octanol–water partition coefficient (Wildman–Crippen LogP) is 4.23. The number of aromatic nitrogens is 2. The lowest BCUT2D eigenvalue weighted by atomic mass is 9.99. The lowest BCUT2D eigenvalue weighted by Gasteiger charge is -2.35. The van der Waals surface area contributed by atoms with Crippen LogP contribution in [0.15, 0.2) is 36.4 Å². The number of likely N-dealkylation sites (tertiary alicyclic amines) is 1. The third kappa shape index (κ3) is 5.28. The normalized spacial score (nSPS) is 17.0. The molecule has 0 radical (unpaired) electrons. The second-order valence-electron chi connectivity index (χ2n) is 7.26. The Morgan fingerprint density at radius 2 is 2.04 bits per heavy atom. The van der Waals surface area contributed by atoms with Gasteiger partial charge in [-0.05, 0) is 51.0 Å². The van der Waals surface area contributed by atoms with E-state index in [2.05, 4.69) is 46.5 Å². The van der Waals surface area contributed by atoms with Gasteiger partial charge >= 0.3 is 0 Å². The van der Waals surface area contributed by atoms with Crippen LogP contribution in [0.4, 0.5) is 5.82 Å². The number of carbonyl (C=O) groups is 1. The van der Waals surface area contributed by atoms with Crippen LogP contribution in [0.3, 0.4) is 0 Å². The fraction of sp³-hybridized carbons (Fsp3) is 0.500. The minimum atomic E-state index is 0.0411. The van der Waals surface area contributed by atoms with Crippen LogP contribution in [0.25, 0.3) is 0 Å². The molecule has 1 aromatic carbocycles. The molecule has 0 spiro atoms. The summed E-state index contributed by atoms with van der Waals surface area (Å²) in [6.07, 6.45) is 6.42. The van der Waals surface area contributed by atoms with E-state index in [9.17, 15) is 4.79 Å². The van der Waals surface area contributed by atoms with Crippen molar-refractivity contribution < 1.29 is 4.79 Å². The van der Waals surface area contributed by atoms with Gasteiger partial charge in [-0.15, -0.1) is 0 Å². The summed E-state index contributed by atoms with van der Waals surface area (Å²) in [5.41, 5.74) is 1.85. The molecule has 0 aliphatic carbocycles. The van der Waals surface area contributed by atoms with E-state index in [0.29, 0.717) is 17.6 Å². The molecule has 2 heterocycles. The molecule has 1 unspecified atom stereocenters. The number of nitrogens with zero attached hydrogens (tertiary/aromatic N) is 3. The second kappa shape index (κ2) is 9.49. The minimum Gasteiger partial charge on any atom is -0.370 e. The standard InChI is InChI=1S/C22H30N4O/c1-3-19-13-7-8-15-26(19)22(27)20-16-21(25-17(2)24-20)23-14-9-12-18-10-5-4-6-11-18/h4-6,10-11,16,19H,3,7-9,12-15H2,1-2H3,(H,23,24,25). The number of aryl methyl sites for hydroxylation is 2. The van der Waals surface area contributed by atoms with Gasteiger partial charge in [0.1, 0.15) is 17.3 Å². The summed E-state index contributed by atoms with van der Waals surface area (Å²) < 4.78 is 0. The van der Waals surface area contributed by atoms with Crippen LogP contribution in [0.2, 0.25) is 0 Å². The maximum absolute atomic E-state index is 13.0. The summed E-state index contributed by atoms with van der Waals surface area (Å²) >= 11 is 0. The molecule has 1 saturated heterocycles. The lowest BCUT2D eigenvalue weighted by molar-refractivity contribution is 0.0601. The summed E-state index contributed by atoms with van der Waals surface area (Å²) in [6, 6.07) is 12.6. The highest BCUT2D eigenvalue weighted by atomic mass is 16.2. The summed E-state index contributed by atoms with van der Waals surface area (Å²) in [6.45, 7) is 5.65. The van der Waals surface area contributed by atoms with Crippen LogP contribution in [-0.2, 0) is 6.42 Å². The van der Waals surface area contributed by atoms with Crippen LogP contribution in [0.5, 0.6) is 0 Å². The molecule has 1 N–H and O–H groups in total. The number of anilines is 1. The van der Waals surface area contributed by atoms with E-state index in [0.717, 1.165) is 51.0 Å². The van der Waals surface area contributed by atoms with Gasteiger partial charge in [0.15, 0.2) is 0 Å². The fourth-order valence-electron chi connectivity index (χ4n) is 3.76. The molecule has 2 aromatic rings. The molecule has 5 nitrogen and oxygen atoms in total. The first kappa shape index (κ1) is 19.3. The third-order valence-electron chi connectivity index (χ3n) is 5.21. The number of hydrogen-bond acceptors (Lipinski definition) is 4. The molecular weight excluding hydrogens is 336 g/mol. The SMILES string of the molecule is CCC1CCCCN1C(=O)c1cc(NCCCc2ccccc2)nc(C)n1. The van der Waals surface area contributed by atoms with E-state index in [1.165, 1.54) is 12.0 Å².